The number of aromatic nitrogens is 5. The molecule has 4 rings (SSSR count). The van der Waals surface area contributed by atoms with E-state index in [2.05, 4.69) is 24.9 Å². The lowest BCUT2D eigenvalue weighted by Gasteiger charge is -1.94. The molecule has 0 amide bonds. The largest absolute Gasteiger partial charge is 0.354 e. The third kappa shape index (κ3) is 2.60. The van der Waals surface area contributed by atoms with Crippen molar-refractivity contribution in [1.82, 2.24) is 24.9 Å². The SMILES string of the molecule is Cc1nnsc1-c1onc(C)c1-c1nc(-c2ccc([N+](=O)[O-])s2)no1. The van der Waals surface area contributed by atoms with Crippen LogP contribution in [0.5, 0.6) is 0 Å². The van der Waals surface area contributed by atoms with Gasteiger partial charge in [0.25, 0.3) is 5.89 Å². The van der Waals surface area contributed by atoms with Crippen LogP contribution in [-0.4, -0.2) is 29.8 Å². The van der Waals surface area contributed by atoms with Gasteiger partial charge in [-0.3, -0.25) is 10.1 Å². The molecule has 12 heteroatoms. The molecule has 25 heavy (non-hydrogen) atoms. The zero-order valence-electron chi connectivity index (χ0n) is 12.8. The van der Waals surface area contributed by atoms with Gasteiger partial charge in [0, 0.05) is 6.07 Å². The number of hydrogen-bond donors (Lipinski definition) is 0. The molecule has 0 aliphatic rings. The van der Waals surface area contributed by atoms with Gasteiger partial charge < -0.3 is 9.05 Å². The first kappa shape index (κ1) is 15.5. The van der Waals surface area contributed by atoms with Gasteiger partial charge in [-0.2, -0.15) is 4.98 Å². The Morgan fingerprint density at radius 3 is 2.68 bits per heavy atom. The van der Waals surface area contributed by atoms with E-state index >= 15 is 0 Å². The minimum absolute atomic E-state index is 0.00885. The molecule has 4 aromatic heterocycles. The highest BCUT2D eigenvalue weighted by molar-refractivity contribution is 7.18. The van der Waals surface area contributed by atoms with Crippen molar-refractivity contribution in [3.8, 4) is 32.8 Å². The summed E-state index contributed by atoms with van der Waals surface area (Å²) in [5.74, 6) is 0.934. The zero-order valence-corrected chi connectivity index (χ0v) is 14.4. The fraction of sp³-hybridized carbons (Fsp3) is 0.154. The maximum absolute atomic E-state index is 10.8. The average Bonchev–Trinajstić information content (AvgIpc) is 3.31. The number of aryl methyl sites for hydroxylation is 2. The van der Waals surface area contributed by atoms with Crippen molar-refractivity contribution in [2.24, 2.45) is 0 Å². The second kappa shape index (κ2) is 5.82. The molecule has 0 bridgehead atoms. The van der Waals surface area contributed by atoms with Crippen LogP contribution in [0.15, 0.2) is 21.2 Å². The molecular formula is C13H8N6O4S2. The molecule has 0 aliphatic heterocycles. The lowest BCUT2D eigenvalue weighted by atomic mass is 10.1. The lowest BCUT2D eigenvalue weighted by Crippen LogP contribution is -1.84. The van der Waals surface area contributed by atoms with Gasteiger partial charge in [0.2, 0.25) is 5.82 Å². The number of hydrogen-bond acceptors (Lipinski definition) is 11. The van der Waals surface area contributed by atoms with Crippen LogP contribution in [0.2, 0.25) is 0 Å². The van der Waals surface area contributed by atoms with Crippen molar-refractivity contribution in [1.29, 1.82) is 0 Å². The summed E-state index contributed by atoms with van der Waals surface area (Å²) >= 11 is 2.15. The summed E-state index contributed by atoms with van der Waals surface area (Å²) in [6.45, 7) is 3.57. The molecule has 0 unspecified atom stereocenters. The highest BCUT2D eigenvalue weighted by atomic mass is 32.1. The summed E-state index contributed by atoms with van der Waals surface area (Å²) in [5, 5.41) is 22.6. The monoisotopic (exact) mass is 376 g/mol. The molecule has 0 aromatic carbocycles. The fourth-order valence-corrected chi connectivity index (χ4v) is 3.57. The number of nitrogens with zero attached hydrogens (tertiary/aromatic N) is 6. The zero-order chi connectivity index (χ0) is 17.6. The maximum Gasteiger partial charge on any atom is 0.324 e. The van der Waals surface area contributed by atoms with Crippen molar-refractivity contribution < 1.29 is 14.0 Å². The standard InChI is InChI=1S/C13H8N6O4S2/c1-5-9(10(22-16-5)11-6(2)15-18-25-11)13-14-12(17-23-13)7-3-4-8(24-7)19(20)21/h3-4H,1-2H3. The maximum atomic E-state index is 10.8. The van der Waals surface area contributed by atoms with E-state index in [1.54, 1.807) is 13.0 Å². The van der Waals surface area contributed by atoms with Crippen LogP contribution in [0, 0.1) is 24.0 Å². The number of thiophene rings is 1. The Morgan fingerprint density at radius 2 is 2.00 bits per heavy atom. The van der Waals surface area contributed by atoms with Crippen LogP contribution >= 0.6 is 22.9 Å². The van der Waals surface area contributed by atoms with E-state index in [0.717, 1.165) is 16.2 Å². The second-order valence-electron chi connectivity index (χ2n) is 4.98. The predicted octanol–water partition coefficient (Wildman–Crippen LogP) is 3.50. The van der Waals surface area contributed by atoms with Gasteiger partial charge in [0.05, 0.1) is 21.2 Å². The van der Waals surface area contributed by atoms with Crippen LogP contribution in [0.1, 0.15) is 11.4 Å². The molecule has 4 aromatic rings. The summed E-state index contributed by atoms with van der Waals surface area (Å²) in [4.78, 5) is 15.9. The van der Waals surface area contributed by atoms with Crippen molar-refractivity contribution in [2.45, 2.75) is 13.8 Å². The summed E-state index contributed by atoms with van der Waals surface area (Å²) in [7, 11) is 0. The van der Waals surface area contributed by atoms with E-state index in [9.17, 15) is 10.1 Å². The molecule has 0 N–H and O–H groups in total. The van der Waals surface area contributed by atoms with E-state index in [0.29, 0.717) is 27.6 Å². The van der Waals surface area contributed by atoms with E-state index in [4.69, 9.17) is 9.05 Å². The molecule has 4 heterocycles. The Kier molecular flexibility index (Phi) is 3.62. The first-order valence-corrected chi connectivity index (χ1v) is 8.48. The van der Waals surface area contributed by atoms with Crippen LogP contribution in [0.3, 0.4) is 0 Å². The van der Waals surface area contributed by atoms with Crippen molar-refractivity contribution in [3.05, 3.63) is 33.6 Å². The minimum atomic E-state index is -0.461. The third-order valence-corrected chi connectivity index (χ3v) is 5.21. The highest BCUT2D eigenvalue weighted by Gasteiger charge is 2.26. The van der Waals surface area contributed by atoms with Gasteiger partial charge in [-0.15, -0.1) is 5.10 Å². The first-order chi connectivity index (χ1) is 12.0. The van der Waals surface area contributed by atoms with Crippen molar-refractivity contribution in [3.63, 3.8) is 0 Å². The molecule has 0 atom stereocenters. The van der Waals surface area contributed by atoms with Gasteiger partial charge in [0.1, 0.15) is 10.4 Å². The Bertz CT molecular complexity index is 1080. The van der Waals surface area contributed by atoms with E-state index < -0.39 is 4.92 Å². The molecule has 0 saturated heterocycles. The Morgan fingerprint density at radius 1 is 1.16 bits per heavy atom. The summed E-state index contributed by atoms with van der Waals surface area (Å²) in [6, 6.07) is 2.98. The molecule has 126 valence electrons. The smallest absolute Gasteiger partial charge is 0.324 e. The van der Waals surface area contributed by atoms with E-state index in [1.165, 1.54) is 17.6 Å². The molecule has 0 spiro atoms. The minimum Gasteiger partial charge on any atom is -0.354 e. The highest BCUT2D eigenvalue weighted by Crippen LogP contribution is 2.38. The Balaban J connectivity index is 1.77. The Labute approximate surface area is 147 Å². The van der Waals surface area contributed by atoms with Gasteiger partial charge in [-0.05, 0) is 31.4 Å². The summed E-state index contributed by atoms with van der Waals surface area (Å²) < 4.78 is 14.6. The average molecular weight is 376 g/mol. The molecule has 0 aliphatic carbocycles. The van der Waals surface area contributed by atoms with Crippen LogP contribution in [0.25, 0.3) is 32.8 Å². The van der Waals surface area contributed by atoms with Gasteiger partial charge in [0.15, 0.2) is 5.76 Å². The number of rotatable bonds is 4. The topological polar surface area (TPSA) is 134 Å². The molecule has 0 saturated carbocycles. The lowest BCUT2D eigenvalue weighted by molar-refractivity contribution is -0.380. The van der Waals surface area contributed by atoms with Crippen LogP contribution < -0.4 is 0 Å². The second-order valence-corrected chi connectivity index (χ2v) is 6.79. The van der Waals surface area contributed by atoms with Crippen molar-refractivity contribution >= 4 is 27.9 Å². The third-order valence-electron chi connectivity index (χ3n) is 3.35. The molecular weight excluding hydrogens is 368 g/mol. The van der Waals surface area contributed by atoms with Crippen molar-refractivity contribution in [2.75, 3.05) is 0 Å². The van der Waals surface area contributed by atoms with Crippen LogP contribution in [0.4, 0.5) is 5.00 Å². The normalized spacial score (nSPS) is 11.1. The first-order valence-electron chi connectivity index (χ1n) is 6.89. The van der Waals surface area contributed by atoms with E-state index in [-0.39, 0.29) is 16.7 Å². The number of nitro groups is 1. The van der Waals surface area contributed by atoms with Gasteiger partial charge >= 0.3 is 5.00 Å². The van der Waals surface area contributed by atoms with Gasteiger partial charge in [-0.25, -0.2) is 0 Å². The van der Waals surface area contributed by atoms with E-state index in [1.807, 2.05) is 6.92 Å². The van der Waals surface area contributed by atoms with Gasteiger partial charge in [-0.1, -0.05) is 26.1 Å². The summed E-state index contributed by atoms with van der Waals surface area (Å²) in [6.07, 6.45) is 0. The molecule has 0 radical (unpaired) electrons. The predicted molar refractivity (Wildman–Crippen MR) is 88.1 cm³/mol. The Hall–Kier alpha value is -2.99. The fourth-order valence-electron chi connectivity index (χ4n) is 2.19. The van der Waals surface area contributed by atoms with Crippen LogP contribution in [-0.2, 0) is 0 Å². The molecule has 0 fully saturated rings. The quantitative estimate of drug-likeness (QED) is 0.387. The summed E-state index contributed by atoms with van der Waals surface area (Å²) in [5.41, 5.74) is 1.84. The molecule has 10 nitrogen and oxygen atoms in total.